The topological polar surface area (TPSA) is 60.1 Å². The lowest BCUT2D eigenvalue weighted by atomic mass is 9.87. The predicted molar refractivity (Wildman–Crippen MR) is 88.8 cm³/mol. The predicted octanol–water partition coefficient (Wildman–Crippen LogP) is 2.11. The van der Waals surface area contributed by atoms with Gasteiger partial charge in [0.05, 0.1) is 19.8 Å². The van der Waals surface area contributed by atoms with E-state index in [1.807, 2.05) is 0 Å². The Morgan fingerprint density at radius 2 is 1.86 bits per heavy atom. The van der Waals surface area contributed by atoms with Crippen LogP contribution >= 0.6 is 0 Å². The average molecular weight is 305 g/mol. The molecule has 22 heavy (non-hydrogen) atoms. The first-order chi connectivity index (χ1) is 10.4. The lowest BCUT2D eigenvalue weighted by Crippen LogP contribution is -2.41. The fourth-order valence-corrected chi connectivity index (χ4v) is 2.31. The van der Waals surface area contributed by atoms with Crippen LogP contribution in [0, 0.1) is 0 Å². The molecule has 2 N–H and O–H groups in total. The molecule has 0 atom stereocenters. The molecule has 0 spiro atoms. The Balaban J connectivity index is 1.78. The molecule has 1 saturated heterocycles. The molecule has 1 heterocycles. The van der Waals surface area contributed by atoms with E-state index in [1.54, 1.807) is 0 Å². The van der Waals surface area contributed by atoms with Crippen LogP contribution in [0.1, 0.15) is 31.9 Å². The van der Waals surface area contributed by atoms with Gasteiger partial charge >= 0.3 is 0 Å². The summed E-state index contributed by atoms with van der Waals surface area (Å²) in [6, 6.07) is 8.43. The molecule has 1 aliphatic rings. The number of nitrogens with two attached hydrogens (primary N) is 1. The van der Waals surface area contributed by atoms with E-state index in [0.717, 1.165) is 31.9 Å². The number of benzene rings is 1. The molecule has 0 aromatic heterocycles. The Bertz CT molecular complexity index is 486. The third-order valence-electron chi connectivity index (χ3n) is 3.72. The van der Waals surface area contributed by atoms with E-state index in [-0.39, 0.29) is 5.41 Å². The number of nitrogens with zero attached hydrogens (tertiary/aromatic N) is 2. The first kappa shape index (κ1) is 16.8. The number of morpholine rings is 1. The molecule has 5 heteroatoms. The summed E-state index contributed by atoms with van der Waals surface area (Å²) in [5.41, 5.74) is 8.46. The van der Waals surface area contributed by atoms with Crippen molar-refractivity contribution in [1.82, 2.24) is 4.90 Å². The van der Waals surface area contributed by atoms with Crippen molar-refractivity contribution in [2.75, 3.05) is 32.8 Å². The highest BCUT2D eigenvalue weighted by molar-refractivity contribution is 5.81. The van der Waals surface area contributed by atoms with Crippen LogP contribution in [0.5, 0.6) is 0 Å². The third kappa shape index (κ3) is 5.31. The van der Waals surface area contributed by atoms with Crippen LogP contribution < -0.4 is 5.73 Å². The molecule has 2 rings (SSSR count). The van der Waals surface area contributed by atoms with Crippen molar-refractivity contribution in [2.45, 2.75) is 32.8 Å². The maximum absolute atomic E-state index is 5.89. The van der Waals surface area contributed by atoms with Gasteiger partial charge in [0.2, 0.25) is 0 Å². The lowest BCUT2D eigenvalue weighted by Gasteiger charge is -2.25. The number of amidine groups is 1. The van der Waals surface area contributed by atoms with Gasteiger partial charge in [-0.05, 0) is 16.5 Å². The van der Waals surface area contributed by atoms with Crippen molar-refractivity contribution in [3.63, 3.8) is 0 Å². The molecule has 1 fully saturated rings. The van der Waals surface area contributed by atoms with Crippen LogP contribution in [-0.2, 0) is 21.6 Å². The molecular formula is C17H27N3O2. The van der Waals surface area contributed by atoms with Gasteiger partial charge in [-0.15, -0.1) is 0 Å². The highest BCUT2D eigenvalue weighted by atomic mass is 16.6. The summed E-state index contributed by atoms with van der Waals surface area (Å²) in [5.74, 6) is 0.508. The van der Waals surface area contributed by atoms with Crippen LogP contribution in [0.25, 0.3) is 0 Å². The minimum absolute atomic E-state index is 0.167. The van der Waals surface area contributed by atoms with Crippen molar-refractivity contribution in [3.05, 3.63) is 35.4 Å². The zero-order valence-corrected chi connectivity index (χ0v) is 13.8. The number of rotatable bonds is 5. The number of hydrogen-bond donors (Lipinski definition) is 1. The van der Waals surface area contributed by atoms with Crippen molar-refractivity contribution in [2.24, 2.45) is 10.9 Å². The van der Waals surface area contributed by atoms with Crippen LogP contribution in [0.2, 0.25) is 0 Å². The maximum atomic E-state index is 5.89. The number of hydrogen-bond acceptors (Lipinski definition) is 4. The molecule has 0 bridgehead atoms. The first-order valence-electron chi connectivity index (χ1n) is 7.79. The molecule has 0 amide bonds. The Morgan fingerprint density at radius 1 is 1.23 bits per heavy atom. The van der Waals surface area contributed by atoms with E-state index in [2.05, 4.69) is 55.1 Å². The molecule has 0 saturated carbocycles. The Morgan fingerprint density at radius 3 is 2.45 bits per heavy atom. The Kier molecular flexibility index (Phi) is 5.80. The molecular weight excluding hydrogens is 278 g/mol. The quantitative estimate of drug-likeness (QED) is 0.514. The van der Waals surface area contributed by atoms with E-state index in [0.29, 0.717) is 19.0 Å². The van der Waals surface area contributed by atoms with Gasteiger partial charge in [-0.25, -0.2) is 0 Å². The minimum Gasteiger partial charge on any atom is -0.389 e. The normalized spacial score (nSPS) is 17.5. The van der Waals surface area contributed by atoms with E-state index in [1.165, 1.54) is 5.56 Å². The Labute approximate surface area is 133 Å². The molecule has 5 nitrogen and oxygen atoms in total. The molecule has 0 radical (unpaired) electrons. The number of ether oxygens (including phenoxy) is 1. The highest BCUT2D eigenvalue weighted by Gasteiger charge is 2.13. The van der Waals surface area contributed by atoms with Gasteiger partial charge in [0.1, 0.15) is 6.61 Å². The second-order valence-electron chi connectivity index (χ2n) is 6.69. The van der Waals surface area contributed by atoms with Gasteiger partial charge < -0.3 is 15.3 Å². The molecule has 1 aliphatic heterocycles. The van der Waals surface area contributed by atoms with Crippen molar-refractivity contribution in [1.29, 1.82) is 0 Å². The van der Waals surface area contributed by atoms with E-state index < -0.39 is 0 Å². The van der Waals surface area contributed by atoms with Crippen LogP contribution in [0.15, 0.2) is 29.4 Å². The van der Waals surface area contributed by atoms with Gasteiger partial charge in [0.25, 0.3) is 0 Å². The fraction of sp³-hybridized carbons (Fsp3) is 0.588. The SMILES string of the molecule is CC(C)(C)c1ccc(CO/N=C(/N)CN2CCOCC2)cc1. The van der Waals surface area contributed by atoms with Gasteiger partial charge in [-0.2, -0.15) is 0 Å². The summed E-state index contributed by atoms with van der Waals surface area (Å²) < 4.78 is 5.30. The lowest BCUT2D eigenvalue weighted by molar-refractivity contribution is 0.0443. The monoisotopic (exact) mass is 305 g/mol. The van der Waals surface area contributed by atoms with Gasteiger partial charge in [0.15, 0.2) is 5.84 Å². The molecule has 0 aliphatic carbocycles. The first-order valence-corrected chi connectivity index (χ1v) is 7.79. The van der Waals surface area contributed by atoms with Crippen molar-refractivity contribution >= 4 is 5.84 Å². The van der Waals surface area contributed by atoms with Gasteiger partial charge in [-0.1, -0.05) is 50.2 Å². The van der Waals surface area contributed by atoms with Gasteiger partial charge in [-0.3, -0.25) is 4.90 Å². The van der Waals surface area contributed by atoms with Gasteiger partial charge in [0, 0.05) is 13.1 Å². The second-order valence-corrected chi connectivity index (χ2v) is 6.69. The molecule has 0 unspecified atom stereocenters. The third-order valence-corrected chi connectivity index (χ3v) is 3.72. The summed E-state index contributed by atoms with van der Waals surface area (Å²) in [6.07, 6.45) is 0. The summed E-state index contributed by atoms with van der Waals surface area (Å²) in [5, 5.41) is 4.00. The van der Waals surface area contributed by atoms with Crippen LogP contribution in [0.3, 0.4) is 0 Å². The fourth-order valence-electron chi connectivity index (χ4n) is 2.31. The van der Waals surface area contributed by atoms with E-state index in [9.17, 15) is 0 Å². The maximum Gasteiger partial charge on any atom is 0.153 e. The van der Waals surface area contributed by atoms with E-state index >= 15 is 0 Å². The standard InChI is InChI=1S/C17H27N3O2/c1-17(2,3)15-6-4-14(5-7-15)13-22-19-16(18)12-20-8-10-21-11-9-20/h4-7H,8-13H2,1-3H3,(H2,18,19). The smallest absolute Gasteiger partial charge is 0.153 e. The summed E-state index contributed by atoms with van der Waals surface area (Å²) in [6.45, 7) is 11.0. The summed E-state index contributed by atoms with van der Waals surface area (Å²) in [4.78, 5) is 7.57. The summed E-state index contributed by atoms with van der Waals surface area (Å²) in [7, 11) is 0. The van der Waals surface area contributed by atoms with E-state index in [4.69, 9.17) is 15.3 Å². The van der Waals surface area contributed by atoms with Crippen molar-refractivity contribution in [3.8, 4) is 0 Å². The van der Waals surface area contributed by atoms with Crippen LogP contribution in [-0.4, -0.2) is 43.6 Å². The largest absolute Gasteiger partial charge is 0.389 e. The molecule has 1 aromatic carbocycles. The van der Waals surface area contributed by atoms with Crippen LogP contribution in [0.4, 0.5) is 0 Å². The second kappa shape index (κ2) is 7.61. The Hall–Kier alpha value is -1.59. The molecule has 122 valence electrons. The molecule has 1 aromatic rings. The zero-order valence-electron chi connectivity index (χ0n) is 13.8. The highest BCUT2D eigenvalue weighted by Crippen LogP contribution is 2.22. The number of oxime groups is 1. The average Bonchev–Trinajstić information content (AvgIpc) is 2.48. The summed E-state index contributed by atoms with van der Waals surface area (Å²) >= 11 is 0. The minimum atomic E-state index is 0.167. The zero-order chi connectivity index (χ0) is 16.0. The van der Waals surface area contributed by atoms with Crippen molar-refractivity contribution < 1.29 is 9.57 Å².